The summed E-state index contributed by atoms with van der Waals surface area (Å²) < 4.78 is 40.1. The molecule has 0 bridgehead atoms. The van der Waals surface area contributed by atoms with Crippen LogP contribution in [0.15, 0.2) is 66.0 Å². The van der Waals surface area contributed by atoms with Crippen LogP contribution in [-0.2, 0) is 12.6 Å². The maximum atomic E-state index is 13.4. The Morgan fingerprint density at radius 1 is 0.914 bits per heavy atom. The Labute approximate surface area is 206 Å². The number of benzene rings is 4. The van der Waals surface area contributed by atoms with Crippen LogP contribution in [0.5, 0.6) is 0 Å². The van der Waals surface area contributed by atoms with Gasteiger partial charge in [-0.1, -0.05) is 66.2 Å². The fraction of sp³-hybridized carbons (Fsp3) is 0.233. The highest BCUT2D eigenvalue weighted by Crippen LogP contribution is 2.47. The van der Waals surface area contributed by atoms with Crippen LogP contribution >= 0.6 is 11.3 Å². The second kappa shape index (κ2) is 8.20. The summed E-state index contributed by atoms with van der Waals surface area (Å²) in [5.41, 5.74) is 6.35. The largest absolute Gasteiger partial charge is 0.434 e. The molecule has 0 saturated heterocycles. The quantitative estimate of drug-likeness (QED) is 0.226. The van der Waals surface area contributed by atoms with Crippen molar-refractivity contribution < 1.29 is 13.2 Å². The summed E-state index contributed by atoms with van der Waals surface area (Å²) in [6.07, 6.45) is -1.76. The van der Waals surface area contributed by atoms with Gasteiger partial charge in [0.15, 0.2) is 5.69 Å². The molecule has 1 heterocycles. The smallest absolute Gasteiger partial charge is 0.236 e. The highest BCUT2D eigenvalue weighted by Gasteiger charge is 2.36. The number of fused-ring (bicyclic) bond motifs is 5. The summed E-state index contributed by atoms with van der Waals surface area (Å²) in [4.78, 5) is 4.08. The predicted octanol–water partition coefficient (Wildman–Crippen LogP) is 9.22. The van der Waals surface area contributed by atoms with Gasteiger partial charge in [0.05, 0.1) is 0 Å². The molecule has 0 N–H and O–H groups in total. The number of alkyl halides is 3. The molecular formula is C30H24F3NS. The highest BCUT2D eigenvalue weighted by molar-refractivity contribution is 7.09. The summed E-state index contributed by atoms with van der Waals surface area (Å²) in [6.45, 7) is 4.25. The van der Waals surface area contributed by atoms with Gasteiger partial charge in [-0.2, -0.15) is 13.2 Å². The van der Waals surface area contributed by atoms with Gasteiger partial charge in [-0.15, -0.1) is 11.3 Å². The minimum absolute atomic E-state index is 0.129. The maximum absolute atomic E-state index is 13.4. The molecule has 1 aliphatic rings. The Kier molecular flexibility index (Phi) is 5.22. The van der Waals surface area contributed by atoms with Gasteiger partial charge in [-0.3, -0.25) is 0 Å². The van der Waals surface area contributed by atoms with E-state index in [1.165, 1.54) is 38.4 Å². The zero-order chi connectivity index (χ0) is 24.3. The van der Waals surface area contributed by atoms with Crippen LogP contribution in [0.4, 0.5) is 13.2 Å². The molecule has 5 heteroatoms. The van der Waals surface area contributed by atoms with Crippen LogP contribution in [0.2, 0.25) is 0 Å². The molecule has 5 aromatic rings. The molecule has 6 rings (SSSR count). The number of nitrogens with zero attached hydrogens (tertiary/aromatic N) is 1. The summed E-state index contributed by atoms with van der Waals surface area (Å²) >= 11 is 1.13. The summed E-state index contributed by atoms with van der Waals surface area (Å²) in [7, 11) is 0. The van der Waals surface area contributed by atoms with Gasteiger partial charge in [0.25, 0.3) is 0 Å². The molecular weight excluding hydrogens is 463 g/mol. The van der Waals surface area contributed by atoms with E-state index in [0.29, 0.717) is 5.01 Å². The SMILES string of the molecule is Cc1cc(C)c2ccc3c4c(cc(-c5ccccc5)c3c2c1)CCCC4c1nc(C(F)(F)F)cs1. The average molecular weight is 488 g/mol. The van der Waals surface area contributed by atoms with Crippen molar-refractivity contribution in [3.05, 3.63) is 99.0 Å². The maximum Gasteiger partial charge on any atom is 0.434 e. The third-order valence-corrected chi connectivity index (χ3v) is 8.15. The van der Waals surface area contributed by atoms with Crippen LogP contribution in [0, 0.1) is 13.8 Å². The lowest BCUT2D eigenvalue weighted by Crippen LogP contribution is -2.13. The molecule has 4 aromatic carbocycles. The molecule has 176 valence electrons. The third-order valence-electron chi connectivity index (χ3n) is 7.19. The van der Waals surface area contributed by atoms with Crippen molar-refractivity contribution in [2.75, 3.05) is 0 Å². The number of halogens is 3. The number of hydrogen-bond donors (Lipinski definition) is 0. The van der Waals surface area contributed by atoms with Gasteiger partial charge in [0.2, 0.25) is 0 Å². The van der Waals surface area contributed by atoms with Crippen molar-refractivity contribution in [1.29, 1.82) is 0 Å². The monoisotopic (exact) mass is 487 g/mol. The normalized spacial score (nSPS) is 16.1. The van der Waals surface area contributed by atoms with Crippen LogP contribution < -0.4 is 0 Å². The van der Waals surface area contributed by atoms with Crippen LogP contribution in [0.3, 0.4) is 0 Å². The lowest BCUT2D eigenvalue weighted by Gasteiger charge is -2.28. The number of hydrogen-bond acceptors (Lipinski definition) is 2. The first-order valence-electron chi connectivity index (χ1n) is 11.9. The number of aromatic nitrogens is 1. The number of thiazole rings is 1. The standard InChI is InChI=1S/C30H24F3NS/c1-17-13-18(2)21-11-12-22-27-20(9-6-10-23(27)29-34-26(16-35-29)30(31,32)33)15-24(28(22)25(21)14-17)19-7-4-3-5-8-19/h3-5,7-8,11-16,23H,6,9-10H2,1-2H3. The van der Waals surface area contributed by atoms with Crippen LogP contribution in [0.25, 0.3) is 32.7 Å². The van der Waals surface area contributed by atoms with Crippen LogP contribution in [-0.4, -0.2) is 4.98 Å². The van der Waals surface area contributed by atoms with E-state index in [1.54, 1.807) is 0 Å². The van der Waals surface area contributed by atoms with Crippen molar-refractivity contribution in [2.24, 2.45) is 0 Å². The van der Waals surface area contributed by atoms with Crippen molar-refractivity contribution in [2.45, 2.75) is 45.2 Å². The first-order chi connectivity index (χ1) is 16.8. The van der Waals surface area contributed by atoms with E-state index in [0.717, 1.165) is 52.5 Å². The van der Waals surface area contributed by atoms with E-state index < -0.39 is 11.9 Å². The zero-order valence-corrected chi connectivity index (χ0v) is 20.4. The molecule has 0 aliphatic heterocycles. The fourth-order valence-corrected chi connectivity index (χ4v) is 6.71. The zero-order valence-electron chi connectivity index (χ0n) is 19.5. The molecule has 1 aliphatic carbocycles. The Bertz CT molecular complexity index is 1580. The van der Waals surface area contributed by atoms with Gasteiger partial charge in [-0.25, -0.2) is 4.98 Å². The Hall–Kier alpha value is -3.18. The average Bonchev–Trinajstić information content (AvgIpc) is 3.34. The van der Waals surface area contributed by atoms with E-state index in [1.807, 2.05) is 6.07 Å². The second-order valence-corrected chi connectivity index (χ2v) is 10.4. The molecule has 0 saturated carbocycles. The Balaban J connectivity index is 1.69. The lowest BCUT2D eigenvalue weighted by molar-refractivity contribution is -0.140. The summed E-state index contributed by atoms with van der Waals surface area (Å²) in [6, 6.07) is 21.5. The highest BCUT2D eigenvalue weighted by atomic mass is 32.1. The van der Waals surface area contributed by atoms with Crippen molar-refractivity contribution >= 4 is 32.9 Å². The van der Waals surface area contributed by atoms with Gasteiger partial charge < -0.3 is 0 Å². The number of rotatable bonds is 2. The Morgan fingerprint density at radius 2 is 1.69 bits per heavy atom. The van der Waals surface area contributed by atoms with Gasteiger partial charge in [-0.05, 0) is 82.5 Å². The summed E-state index contributed by atoms with van der Waals surface area (Å²) in [5, 5.41) is 6.44. The van der Waals surface area contributed by atoms with E-state index in [-0.39, 0.29) is 5.92 Å². The molecule has 0 fully saturated rings. The molecule has 0 spiro atoms. The predicted molar refractivity (Wildman–Crippen MR) is 138 cm³/mol. The van der Waals surface area contributed by atoms with Gasteiger partial charge >= 0.3 is 6.18 Å². The fourth-order valence-electron chi connectivity index (χ4n) is 5.74. The molecule has 35 heavy (non-hydrogen) atoms. The minimum Gasteiger partial charge on any atom is -0.236 e. The molecule has 0 radical (unpaired) electrons. The van der Waals surface area contributed by atoms with E-state index in [9.17, 15) is 13.2 Å². The van der Waals surface area contributed by atoms with Gasteiger partial charge in [0.1, 0.15) is 5.01 Å². The Morgan fingerprint density at radius 3 is 2.43 bits per heavy atom. The van der Waals surface area contributed by atoms with Crippen molar-refractivity contribution in [1.82, 2.24) is 4.98 Å². The van der Waals surface area contributed by atoms with E-state index in [4.69, 9.17) is 0 Å². The van der Waals surface area contributed by atoms with E-state index in [2.05, 4.69) is 73.4 Å². The van der Waals surface area contributed by atoms with Crippen LogP contribution in [0.1, 0.15) is 51.7 Å². The first-order valence-corrected chi connectivity index (χ1v) is 12.8. The molecule has 1 unspecified atom stereocenters. The molecule has 1 nitrogen and oxygen atoms in total. The molecule has 1 aromatic heterocycles. The molecule has 0 amide bonds. The lowest BCUT2D eigenvalue weighted by atomic mass is 9.77. The topological polar surface area (TPSA) is 12.9 Å². The molecule has 1 atom stereocenters. The second-order valence-electron chi connectivity index (χ2n) is 9.54. The van der Waals surface area contributed by atoms with Crippen molar-refractivity contribution in [3.63, 3.8) is 0 Å². The van der Waals surface area contributed by atoms with E-state index >= 15 is 0 Å². The summed E-state index contributed by atoms with van der Waals surface area (Å²) in [5.74, 6) is -0.129. The van der Waals surface area contributed by atoms with Crippen molar-refractivity contribution in [3.8, 4) is 11.1 Å². The number of aryl methyl sites for hydroxylation is 3. The first kappa shape index (κ1) is 22.3. The third kappa shape index (κ3) is 3.73. The van der Waals surface area contributed by atoms with Gasteiger partial charge in [0, 0.05) is 11.3 Å². The minimum atomic E-state index is -4.42.